The first kappa shape index (κ1) is 27.6. The van der Waals surface area contributed by atoms with Crippen molar-refractivity contribution in [3.63, 3.8) is 0 Å². The quantitative estimate of drug-likeness (QED) is 0.148. The maximum atomic E-state index is 14.2. The number of rotatable bonds is 7. The molecule has 0 unspecified atom stereocenters. The summed E-state index contributed by atoms with van der Waals surface area (Å²) in [4.78, 5) is 32.9. The lowest BCUT2D eigenvalue weighted by Crippen LogP contribution is -2.24. The van der Waals surface area contributed by atoms with Crippen molar-refractivity contribution in [3.8, 4) is 11.1 Å². The van der Waals surface area contributed by atoms with Crippen LogP contribution < -0.4 is 11.1 Å². The molecule has 0 saturated carbocycles. The van der Waals surface area contributed by atoms with Gasteiger partial charge in [0.15, 0.2) is 5.16 Å². The van der Waals surface area contributed by atoms with Crippen LogP contribution in [0, 0.1) is 6.92 Å². The third-order valence-corrected chi connectivity index (χ3v) is 9.74. The Balaban J connectivity index is 1.33. The fourth-order valence-corrected chi connectivity index (χ4v) is 7.51. The Labute approximate surface area is 259 Å². The molecule has 7 rings (SSSR count). The summed E-state index contributed by atoms with van der Waals surface area (Å²) in [5.74, 6) is 1.52. The third kappa shape index (κ3) is 4.85. The number of nitrogens with zero attached hydrogens (tertiary/aromatic N) is 6. The van der Waals surface area contributed by atoms with Gasteiger partial charge in [0.25, 0.3) is 11.1 Å². The summed E-state index contributed by atoms with van der Waals surface area (Å²) >= 11 is 9.41. The number of hydrogen-bond acceptors (Lipinski definition) is 7. The zero-order valence-corrected chi connectivity index (χ0v) is 25.7. The molecule has 0 radical (unpaired) electrons. The van der Waals surface area contributed by atoms with E-state index >= 15 is 0 Å². The monoisotopic (exact) mass is 624 g/mol. The van der Waals surface area contributed by atoms with Crippen molar-refractivity contribution in [1.82, 2.24) is 28.7 Å². The molecule has 0 saturated heterocycles. The molecule has 11 heteroatoms. The fraction of sp³-hybridized carbons (Fsp3) is 0.156. The maximum absolute atomic E-state index is 14.2. The molecule has 0 atom stereocenters. The summed E-state index contributed by atoms with van der Waals surface area (Å²) in [7, 11) is 1.70. The van der Waals surface area contributed by atoms with Crippen molar-refractivity contribution >= 4 is 61.6 Å². The number of thiophene rings is 1. The standard InChI is InChI=1S/C32H25ClN6O2S2/c1-19-12-13-25-22(16-19)29(40)37(2)31-36-35-26(39(25)31)18-43-32-34-28-27(23(17-42-28)21-10-6-7-11-24(21)33)30(41)38(32)15-14-20-8-4-3-5-9-20/h3-13,16-17H,14-15,18H2,1-2H3. The van der Waals surface area contributed by atoms with Gasteiger partial charge in [-0.25, -0.2) is 4.98 Å². The lowest BCUT2D eigenvalue weighted by Gasteiger charge is -2.13. The second kappa shape index (κ2) is 11.1. The number of thioether (sulfide) groups is 1. The van der Waals surface area contributed by atoms with Gasteiger partial charge >= 0.3 is 0 Å². The molecule has 0 bridgehead atoms. The third-order valence-electron chi connectivity index (χ3n) is 7.56. The molecule has 0 aliphatic rings. The number of fused-ring (bicyclic) bond motifs is 4. The second-order valence-electron chi connectivity index (χ2n) is 10.3. The number of hydrogen-bond donors (Lipinski definition) is 0. The maximum Gasteiger partial charge on any atom is 0.263 e. The highest BCUT2D eigenvalue weighted by Crippen LogP contribution is 2.36. The van der Waals surface area contributed by atoms with E-state index in [0.717, 1.165) is 27.8 Å². The number of halogens is 1. The summed E-state index contributed by atoms with van der Waals surface area (Å²) < 4.78 is 5.19. The van der Waals surface area contributed by atoms with E-state index in [-0.39, 0.29) is 11.1 Å². The average Bonchev–Trinajstić information content (AvgIpc) is 3.64. The van der Waals surface area contributed by atoms with Crippen LogP contribution in [0.5, 0.6) is 0 Å². The highest BCUT2D eigenvalue weighted by molar-refractivity contribution is 7.98. The minimum Gasteiger partial charge on any atom is -0.287 e. The molecule has 4 aromatic heterocycles. The van der Waals surface area contributed by atoms with E-state index in [2.05, 4.69) is 22.3 Å². The Hall–Kier alpha value is -4.25. The van der Waals surface area contributed by atoms with Crippen LogP contribution in [0.25, 0.3) is 38.0 Å². The number of aryl methyl sites for hydroxylation is 3. The topological polar surface area (TPSA) is 87.1 Å². The van der Waals surface area contributed by atoms with Gasteiger partial charge in [0.2, 0.25) is 5.78 Å². The van der Waals surface area contributed by atoms with Crippen molar-refractivity contribution in [2.45, 2.75) is 30.8 Å². The van der Waals surface area contributed by atoms with Gasteiger partial charge in [-0.15, -0.1) is 21.5 Å². The first-order valence-electron chi connectivity index (χ1n) is 13.7. The lowest BCUT2D eigenvalue weighted by atomic mass is 10.1. The van der Waals surface area contributed by atoms with Gasteiger partial charge in [-0.2, -0.15) is 0 Å². The fourth-order valence-electron chi connectivity index (χ4n) is 5.36. The minimum atomic E-state index is -0.119. The molecule has 0 amide bonds. The molecular formula is C32H25ClN6O2S2. The molecule has 0 aliphatic carbocycles. The normalized spacial score (nSPS) is 11.7. The SMILES string of the molecule is Cc1ccc2c(c1)c(=O)n(C)c1nnc(CSc3nc4scc(-c5ccccc5Cl)c4c(=O)n3CCc3ccccc3)n21. The molecule has 0 fully saturated rings. The minimum absolute atomic E-state index is 0.103. The summed E-state index contributed by atoms with van der Waals surface area (Å²) in [5.41, 5.74) is 4.26. The summed E-state index contributed by atoms with van der Waals surface area (Å²) in [6.07, 6.45) is 0.674. The van der Waals surface area contributed by atoms with Crippen molar-refractivity contribution in [2.75, 3.05) is 0 Å². The molecule has 8 nitrogen and oxygen atoms in total. The van der Waals surface area contributed by atoms with E-state index in [4.69, 9.17) is 16.6 Å². The molecular weight excluding hydrogens is 600 g/mol. The van der Waals surface area contributed by atoms with Crippen molar-refractivity contribution in [2.24, 2.45) is 7.05 Å². The Morgan fingerprint density at radius 1 is 0.930 bits per heavy atom. The predicted molar refractivity (Wildman–Crippen MR) is 175 cm³/mol. The van der Waals surface area contributed by atoms with Gasteiger partial charge in [-0.05, 0) is 37.1 Å². The molecule has 0 spiro atoms. The van der Waals surface area contributed by atoms with Gasteiger partial charge < -0.3 is 0 Å². The molecule has 214 valence electrons. The highest BCUT2D eigenvalue weighted by Gasteiger charge is 2.21. The van der Waals surface area contributed by atoms with Crippen LogP contribution in [0.1, 0.15) is 17.0 Å². The zero-order chi connectivity index (χ0) is 29.7. The summed E-state index contributed by atoms with van der Waals surface area (Å²) in [6.45, 7) is 2.42. The molecule has 0 N–H and O–H groups in total. The van der Waals surface area contributed by atoms with Gasteiger partial charge in [0, 0.05) is 35.1 Å². The highest BCUT2D eigenvalue weighted by atomic mass is 35.5. The van der Waals surface area contributed by atoms with Gasteiger partial charge in [0.05, 0.1) is 22.0 Å². The van der Waals surface area contributed by atoms with Crippen molar-refractivity contribution in [1.29, 1.82) is 0 Å². The van der Waals surface area contributed by atoms with Crippen molar-refractivity contribution < 1.29 is 0 Å². The average molecular weight is 625 g/mol. The molecule has 4 heterocycles. The van der Waals surface area contributed by atoms with E-state index < -0.39 is 0 Å². The van der Waals surface area contributed by atoms with Crippen LogP contribution in [-0.2, 0) is 25.8 Å². The molecule has 43 heavy (non-hydrogen) atoms. The Bertz CT molecular complexity index is 2290. The Morgan fingerprint density at radius 3 is 2.53 bits per heavy atom. The van der Waals surface area contributed by atoms with E-state index in [0.29, 0.717) is 56.1 Å². The smallest absolute Gasteiger partial charge is 0.263 e. The molecule has 3 aromatic carbocycles. The number of aromatic nitrogens is 6. The molecule has 0 aliphatic heterocycles. The van der Waals surface area contributed by atoms with Crippen LogP contribution in [0.4, 0.5) is 0 Å². The second-order valence-corrected chi connectivity index (χ2v) is 12.5. The van der Waals surface area contributed by atoms with E-state index in [1.807, 2.05) is 77.4 Å². The van der Waals surface area contributed by atoms with Crippen LogP contribution in [0.3, 0.4) is 0 Å². The summed E-state index contributed by atoms with van der Waals surface area (Å²) in [5, 5.41) is 13.1. The largest absolute Gasteiger partial charge is 0.287 e. The number of benzene rings is 3. The van der Waals surface area contributed by atoms with Crippen LogP contribution in [-0.4, -0.2) is 28.7 Å². The van der Waals surface area contributed by atoms with E-state index in [9.17, 15) is 9.59 Å². The Morgan fingerprint density at radius 2 is 1.72 bits per heavy atom. The van der Waals surface area contributed by atoms with E-state index in [1.165, 1.54) is 27.7 Å². The van der Waals surface area contributed by atoms with Crippen LogP contribution in [0.2, 0.25) is 5.02 Å². The van der Waals surface area contributed by atoms with E-state index in [1.54, 1.807) is 11.6 Å². The van der Waals surface area contributed by atoms with Gasteiger partial charge in [-0.3, -0.25) is 23.1 Å². The molecule has 7 aromatic rings. The summed E-state index contributed by atoms with van der Waals surface area (Å²) in [6, 6.07) is 23.4. The predicted octanol–water partition coefficient (Wildman–Crippen LogP) is 6.52. The van der Waals surface area contributed by atoms with Gasteiger partial charge in [-0.1, -0.05) is 83.5 Å². The zero-order valence-electron chi connectivity index (χ0n) is 23.3. The first-order valence-corrected chi connectivity index (χ1v) is 15.9. The lowest BCUT2D eigenvalue weighted by molar-refractivity contribution is 0.596. The first-order chi connectivity index (χ1) is 20.9. The van der Waals surface area contributed by atoms with Crippen LogP contribution >= 0.6 is 34.7 Å². The van der Waals surface area contributed by atoms with Crippen LogP contribution in [0.15, 0.2) is 92.9 Å². The Kier molecular flexibility index (Phi) is 7.12. The van der Waals surface area contributed by atoms with Gasteiger partial charge in [0.1, 0.15) is 10.7 Å². The van der Waals surface area contributed by atoms with Crippen molar-refractivity contribution in [3.05, 3.63) is 121 Å².